The van der Waals surface area contributed by atoms with Crippen molar-refractivity contribution < 1.29 is 4.79 Å². The highest BCUT2D eigenvalue weighted by Crippen LogP contribution is 2.25. The summed E-state index contributed by atoms with van der Waals surface area (Å²) in [5.41, 5.74) is 2.20. The fraction of sp³-hybridized carbons (Fsp3) is 0.316. The van der Waals surface area contributed by atoms with E-state index in [1.807, 2.05) is 24.3 Å². The van der Waals surface area contributed by atoms with E-state index in [4.69, 9.17) is 5.26 Å². The van der Waals surface area contributed by atoms with Gasteiger partial charge in [0.25, 0.3) is 0 Å². The Labute approximate surface area is 141 Å². The lowest BCUT2D eigenvalue weighted by atomic mass is 9.88. The third-order valence-corrected chi connectivity index (χ3v) is 4.29. The van der Waals surface area contributed by atoms with Crippen LogP contribution in [0.3, 0.4) is 0 Å². The van der Waals surface area contributed by atoms with Crippen LogP contribution >= 0.6 is 0 Å². The van der Waals surface area contributed by atoms with E-state index < -0.39 is 0 Å². The van der Waals surface area contributed by atoms with Crippen molar-refractivity contribution >= 4 is 23.1 Å². The Bertz CT molecular complexity index is 725. The van der Waals surface area contributed by atoms with Gasteiger partial charge in [0, 0.05) is 11.6 Å². The van der Waals surface area contributed by atoms with Gasteiger partial charge in [0.1, 0.15) is 5.82 Å². The third-order valence-electron chi connectivity index (χ3n) is 4.29. The minimum absolute atomic E-state index is 0.101. The number of hydrogen-bond acceptors (Lipinski definition) is 4. The van der Waals surface area contributed by atoms with Gasteiger partial charge in [-0.05, 0) is 49.2 Å². The zero-order chi connectivity index (χ0) is 16.8. The molecule has 0 saturated heterocycles. The standard InChI is InChI=1S/C19H20N4O/c20-12-14-6-8-16(9-7-14)22-18-11-10-17(13-21-18)23-19(24)15-4-2-1-3-5-15/h6-11,13,15H,1-5H2,(H,21,22)(H,23,24). The maximum absolute atomic E-state index is 12.2. The second-order valence-corrected chi connectivity index (χ2v) is 6.07. The van der Waals surface area contributed by atoms with Crippen molar-refractivity contribution in [1.29, 1.82) is 5.26 Å². The second-order valence-electron chi connectivity index (χ2n) is 6.07. The maximum atomic E-state index is 12.2. The Morgan fingerprint density at radius 1 is 1.04 bits per heavy atom. The molecule has 24 heavy (non-hydrogen) atoms. The lowest BCUT2D eigenvalue weighted by Crippen LogP contribution is -2.24. The molecule has 0 radical (unpaired) electrons. The zero-order valence-electron chi connectivity index (χ0n) is 13.5. The van der Waals surface area contributed by atoms with Gasteiger partial charge in [-0.25, -0.2) is 4.98 Å². The molecule has 2 aromatic rings. The average Bonchev–Trinajstić information content (AvgIpc) is 2.65. The number of carbonyl (C=O) groups excluding carboxylic acids is 1. The first-order chi connectivity index (χ1) is 11.7. The Morgan fingerprint density at radius 2 is 1.75 bits per heavy atom. The van der Waals surface area contributed by atoms with E-state index in [2.05, 4.69) is 21.7 Å². The van der Waals surface area contributed by atoms with E-state index in [-0.39, 0.29) is 11.8 Å². The molecule has 2 N–H and O–H groups in total. The van der Waals surface area contributed by atoms with Crippen molar-refractivity contribution in [2.24, 2.45) is 5.92 Å². The molecule has 0 spiro atoms. The summed E-state index contributed by atoms with van der Waals surface area (Å²) in [7, 11) is 0. The van der Waals surface area contributed by atoms with Crippen molar-refractivity contribution in [2.45, 2.75) is 32.1 Å². The molecule has 0 unspecified atom stereocenters. The quantitative estimate of drug-likeness (QED) is 0.884. The van der Waals surface area contributed by atoms with Gasteiger partial charge in [-0.3, -0.25) is 4.79 Å². The van der Waals surface area contributed by atoms with E-state index >= 15 is 0 Å². The van der Waals surface area contributed by atoms with Gasteiger partial charge in [0.05, 0.1) is 23.5 Å². The molecule has 1 aliphatic carbocycles. The van der Waals surface area contributed by atoms with Crippen LogP contribution < -0.4 is 10.6 Å². The molecule has 1 amide bonds. The number of pyridine rings is 1. The number of rotatable bonds is 4. The first-order valence-electron chi connectivity index (χ1n) is 8.29. The highest BCUT2D eigenvalue weighted by molar-refractivity contribution is 5.92. The molecular formula is C19H20N4O. The van der Waals surface area contributed by atoms with Crippen LogP contribution in [0.1, 0.15) is 37.7 Å². The smallest absolute Gasteiger partial charge is 0.227 e. The Balaban J connectivity index is 1.58. The van der Waals surface area contributed by atoms with Crippen LogP contribution in [0.4, 0.5) is 17.2 Å². The molecular weight excluding hydrogens is 300 g/mol. The number of nitriles is 1. The van der Waals surface area contributed by atoms with Crippen LogP contribution in [-0.2, 0) is 4.79 Å². The topological polar surface area (TPSA) is 77.8 Å². The van der Waals surface area contributed by atoms with E-state index in [0.717, 1.165) is 37.1 Å². The molecule has 1 aliphatic rings. The van der Waals surface area contributed by atoms with E-state index in [0.29, 0.717) is 11.4 Å². The number of amides is 1. The number of anilines is 3. The summed E-state index contributed by atoms with van der Waals surface area (Å²) in [4.78, 5) is 16.5. The van der Waals surface area contributed by atoms with Crippen LogP contribution in [0.25, 0.3) is 0 Å². The van der Waals surface area contributed by atoms with Crippen LogP contribution in [-0.4, -0.2) is 10.9 Å². The molecule has 1 saturated carbocycles. The van der Waals surface area contributed by atoms with Gasteiger partial charge >= 0.3 is 0 Å². The predicted molar refractivity (Wildman–Crippen MR) is 93.9 cm³/mol. The van der Waals surface area contributed by atoms with E-state index in [1.165, 1.54) is 6.42 Å². The summed E-state index contributed by atoms with van der Waals surface area (Å²) in [6.07, 6.45) is 7.15. The molecule has 5 nitrogen and oxygen atoms in total. The molecule has 5 heteroatoms. The van der Waals surface area contributed by atoms with Gasteiger partial charge in [-0.1, -0.05) is 19.3 Å². The number of benzene rings is 1. The maximum Gasteiger partial charge on any atom is 0.227 e. The molecule has 1 heterocycles. The van der Waals surface area contributed by atoms with Crippen molar-refractivity contribution in [3.8, 4) is 6.07 Å². The van der Waals surface area contributed by atoms with Gasteiger partial charge in [-0.15, -0.1) is 0 Å². The highest BCUT2D eigenvalue weighted by atomic mass is 16.1. The largest absolute Gasteiger partial charge is 0.340 e. The molecule has 0 aliphatic heterocycles. The summed E-state index contributed by atoms with van der Waals surface area (Å²) in [6, 6.07) is 12.9. The first kappa shape index (κ1) is 16.0. The van der Waals surface area contributed by atoms with Crippen LogP contribution in [0.2, 0.25) is 0 Å². The second kappa shape index (κ2) is 7.60. The molecule has 1 aromatic heterocycles. The van der Waals surface area contributed by atoms with Crippen LogP contribution in [0.5, 0.6) is 0 Å². The highest BCUT2D eigenvalue weighted by Gasteiger charge is 2.20. The summed E-state index contributed by atoms with van der Waals surface area (Å²) in [6.45, 7) is 0. The van der Waals surface area contributed by atoms with E-state index in [9.17, 15) is 4.79 Å². The normalized spacial score (nSPS) is 14.6. The monoisotopic (exact) mass is 320 g/mol. The van der Waals surface area contributed by atoms with Crippen LogP contribution in [0.15, 0.2) is 42.6 Å². The molecule has 122 valence electrons. The third kappa shape index (κ3) is 4.11. The Hall–Kier alpha value is -2.87. The summed E-state index contributed by atoms with van der Waals surface area (Å²) >= 11 is 0. The van der Waals surface area contributed by atoms with Gasteiger partial charge in [-0.2, -0.15) is 5.26 Å². The fourth-order valence-electron chi connectivity index (χ4n) is 2.93. The van der Waals surface area contributed by atoms with Gasteiger partial charge < -0.3 is 10.6 Å². The van der Waals surface area contributed by atoms with Gasteiger partial charge in [0.2, 0.25) is 5.91 Å². The molecule has 0 bridgehead atoms. The lowest BCUT2D eigenvalue weighted by Gasteiger charge is -2.20. The lowest BCUT2D eigenvalue weighted by molar-refractivity contribution is -0.120. The number of aromatic nitrogens is 1. The summed E-state index contributed by atoms with van der Waals surface area (Å²) < 4.78 is 0. The molecule has 0 atom stereocenters. The minimum atomic E-state index is 0.101. The van der Waals surface area contributed by atoms with Crippen molar-refractivity contribution in [2.75, 3.05) is 10.6 Å². The number of nitrogens with one attached hydrogen (secondary N) is 2. The molecule has 1 fully saturated rings. The zero-order valence-corrected chi connectivity index (χ0v) is 13.5. The summed E-state index contributed by atoms with van der Waals surface area (Å²) in [5.74, 6) is 0.926. The van der Waals surface area contributed by atoms with Crippen LogP contribution in [0, 0.1) is 17.2 Å². The van der Waals surface area contributed by atoms with Crippen molar-refractivity contribution in [1.82, 2.24) is 4.98 Å². The van der Waals surface area contributed by atoms with Crippen molar-refractivity contribution in [3.63, 3.8) is 0 Å². The first-order valence-corrected chi connectivity index (χ1v) is 8.29. The number of carbonyl (C=O) groups is 1. The number of hydrogen-bond donors (Lipinski definition) is 2. The molecule has 3 rings (SSSR count). The minimum Gasteiger partial charge on any atom is -0.340 e. The Kier molecular flexibility index (Phi) is 5.07. The molecule has 1 aromatic carbocycles. The Morgan fingerprint density at radius 3 is 2.38 bits per heavy atom. The average molecular weight is 320 g/mol. The SMILES string of the molecule is N#Cc1ccc(Nc2ccc(NC(=O)C3CCCCC3)cn2)cc1. The van der Waals surface area contributed by atoms with Gasteiger partial charge in [0.15, 0.2) is 0 Å². The predicted octanol–water partition coefficient (Wildman–Crippen LogP) is 4.22. The van der Waals surface area contributed by atoms with Crippen molar-refractivity contribution in [3.05, 3.63) is 48.2 Å². The fourth-order valence-corrected chi connectivity index (χ4v) is 2.93. The number of nitrogens with zero attached hydrogens (tertiary/aromatic N) is 2. The summed E-state index contributed by atoms with van der Waals surface area (Å²) in [5, 5.41) is 14.9. The van der Waals surface area contributed by atoms with E-state index in [1.54, 1.807) is 18.3 Å².